The minimum atomic E-state index is 0.183. The predicted octanol–water partition coefficient (Wildman–Crippen LogP) is 0.607. The second-order valence-electron chi connectivity index (χ2n) is 4.34. The summed E-state index contributed by atoms with van der Waals surface area (Å²) >= 11 is 0. The Bertz CT molecular complexity index is 205. The summed E-state index contributed by atoms with van der Waals surface area (Å²) in [7, 11) is 0. The summed E-state index contributed by atoms with van der Waals surface area (Å²) in [5.41, 5.74) is 0. The molecular formula is C10H18N2O. The van der Waals surface area contributed by atoms with Crippen molar-refractivity contribution in [2.75, 3.05) is 19.6 Å². The maximum Gasteiger partial charge on any atom is 0.237 e. The molecule has 2 aliphatic heterocycles. The molecule has 74 valence electrons. The van der Waals surface area contributed by atoms with Crippen molar-refractivity contribution in [2.24, 2.45) is 5.92 Å². The molecule has 1 N–H and O–H groups in total. The summed E-state index contributed by atoms with van der Waals surface area (Å²) in [5.74, 6) is 1.01. The monoisotopic (exact) mass is 182 g/mol. The first-order valence-corrected chi connectivity index (χ1v) is 5.29. The number of carbonyl (C=O) groups excluding carboxylic acids is 1. The quantitative estimate of drug-likeness (QED) is 0.644. The zero-order valence-electron chi connectivity index (χ0n) is 8.25. The molecule has 1 amide bonds. The van der Waals surface area contributed by atoms with E-state index in [9.17, 15) is 4.79 Å². The first-order chi connectivity index (χ1) is 6.27. The van der Waals surface area contributed by atoms with Crippen LogP contribution in [0.1, 0.15) is 26.2 Å². The third-order valence-corrected chi connectivity index (χ3v) is 3.15. The first kappa shape index (κ1) is 9.00. The second-order valence-corrected chi connectivity index (χ2v) is 4.34. The number of likely N-dealkylation sites (tertiary alicyclic amines) is 1. The summed E-state index contributed by atoms with van der Waals surface area (Å²) in [4.78, 5) is 13.8. The zero-order chi connectivity index (χ0) is 9.26. The number of hydrogen-bond donors (Lipinski definition) is 1. The molecule has 3 heteroatoms. The molecule has 0 saturated carbocycles. The SMILES string of the molecule is C[C@H]1CCCN(C2CCNC2=O)C1. The lowest BCUT2D eigenvalue weighted by Gasteiger charge is -2.33. The Hall–Kier alpha value is -0.570. The molecule has 2 rings (SSSR count). The molecule has 0 aromatic rings. The smallest absolute Gasteiger partial charge is 0.237 e. The molecule has 0 radical (unpaired) electrons. The minimum Gasteiger partial charge on any atom is -0.355 e. The van der Waals surface area contributed by atoms with Crippen molar-refractivity contribution in [3.63, 3.8) is 0 Å². The highest BCUT2D eigenvalue weighted by Crippen LogP contribution is 2.20. The van der Waals surface area contributed by atoms with Crippen LogP contribution >= 0.6 is 0 Å². The largest absolute Gasteiger partial charge is 0.355 e. The molecule has 0 aromatic heterocycles. The standard InChI is InChI=1S/C10H18N2O/c1-8-3-2-6-12(7-8)9-4-5-11-10(9)13/h8-9H,2-7H2,1H3,(H,11,13)/t8-,9?/m0/s1. The van der Waals surface area contributed by atoms with Gasteiger partial charge < -0.3 is 5.32 Å². The molecular weight excluding hydrogens is 164 g/mol. The van der Waals surface area contributed by atoms with Gasteiger partial charge in [0.1, 0.15) is 0 Å². The van der Waals surface area contributed by atoms with Crippen molar-refractivity contribution < 1.29 is 4.79 Å². The number of nitrogens with one attached hydrogen (secondary N) is 1. The van der Waals surface area contributed by atoms with E-state index in [-0.39, 0.29) is 11.9 Å². The number of nitrogens with zero attached hydrogens (tertiary/aromatic N) is 1. The fraction of sp³-hybridized carbons (Fsp3) is 0.900. The van der Waals surface area contributed by atoms with Crippen LogP contribution in [-0.4, -0.2) is 36.5 Å². The van der Waals surface area contributed by atoms with E-state index in [1.807, 2.05) is 0 Å². The molecule has 1 unspecified atom stereocenters. The van der Waals surface area contributed by atoms with Crippen LogP contribution in [0.3, 0.4) is 0 Å². The molecule has 2 atom stereocenters. The molecule has 2 heterocycles. The van der Waals surface area contributed by atoms with Crippen molar-refractivity contribution in [1.82, 2.24) is 10.2 Å². The van der Waals surface area contributed by atoms with E-state index >= 15 is 0 Å². The molecule has 0 spiro atoms. The van der Waals surface area contributed by atoms with E-state index in [0.29, 0.717) is 0 Å². The van der Waals surface area contributed by atoms with E-state index in [4.69, 9.17) is 0 Å². The number of rotatable bonds is 1. The van der Waals surface area contributed by atoms with Crippen molar-refractivity contribution >= 4 is 5.91 Å². The van der Waals surface area contributed by atoms with Gasteiger partial charge in [0.2, 0.25) is 5.91 Å². The Labute approximate surface area is 79.5 Å². The lowest BCUT2D eigenvalue weighted by Crippen LogP contribution is -2.45. The lowest BCUT2D eigenvalue weighted by atomic mass is 9.98. The average molecular weight is 182 g/mol. The molecule has 13 heavy (non-hydrogen) atoms. The highest BCUT2D eigenvalue weighted by atomic mass is 16.2. The topological polar surface area (TPSA) is 32.3 Å². The highest BCUT2D eigenvalue weighted by Gasteiger charge is 2.32. The third-order valence-electron chi connectivity index (χ3n) is 3.15. The van der Waals surface area contributed by atoms with E-state index in [1.54, 1.807) is 0 Å². The van der Waals surface area contributed by atoms with Crippen LogP contribution in [0.2, 0.25) is 0 Å². The molecule has 0 aromatic carbocycles. The number of hydrogen-bond acceptors (Lipinski definition) is 2. The first-order valence-electron chi connectivity index (χ1n) is 5.29. The zero-order valence-corrected chi connectivity index (χ0v) is 8.25. The van der Waals surface area contributed by atoms with Gasteiger partial charge in [0, 0.05) is 13.1 Å². The molecule has 2 saturated heterocycles. The van der Waals surface area contributed by atoms with E-state index in [2.05, 4.69) is 17.1 Å². The normalized spacial score (nSPS) is 36.2. The summed E-state index contributed by atoms with van der Waals surface area (Å²) in [6.45, 7) is 5.37. The van der Waals surface area contributed by atoms with Crippen LogP contribution in [0.5, 0.6) is 0 Å². The number of amides is 1. The van der Waals surface area contributed by atoms with Crippen molar-refractivity contribution in [2.45, 2.75) is 32.2 Å². The Balaban J connectivity index is 1.95. The van der Waals surface area contributed by atoms with E-state index in [0.717, 1.165) is 32.0 Å². The van der Waals surface area contributed by atoms with Gasteiger partial charge in [0.25, 0.3) is 0 Å². The van der Waals surface area contributed by atoms with Gasteiger partial charge >= 0.3 is 0 Å². The Morgan fingerprint density at radius 1 is 1.46 bits per heavy atom. The van der Waals surface area contributed by atoms with Gasteiger partial charge in [-0.2, -0.15) is 0 Å². The Morgan fingerprint density at radius 2 is 2.31 bits per heavy atom. The van der Waals surface area contributed by atoms with E-state index < -0.39 is 0 Å². The number of piperidine rings is 1. The summed E-state index contributed by atoms with van der Waals surface area (Å²) in [5, 5.41) is 2.90. The van der Waals surface area contributed by atoms with Crippen LogP contribution in [-0.2, 0) is 4.79 Å². The maximum atomic E-state index is 11.4. The van der Waals surface area contributed by atoms with Crippen LogP contribution in [0.4, 0.5) is 0 Å². The minimum absolute atomic E-state index is 0.183. The van der Waals surface area contributed by atoms with Crippen molar-refractivity contribution in [3.8, 4) is 0 Å². The van der Waals surface area contributed by atoms with Crippen LogP contribution in [0, 0.1) is 5.92 Å². The Morgan fingerprint density at radius 3 is 2.92 bits per heavy atom. The van der Waals surface area contributed by atoms with Gasteiger partial charge in [-0.15, -0.1) is 0 Å². The molecule has 2 aliphatic rings. The average Bonchev–Trinajstić information content (AvgIpc) is 2.51. The number of carbonyl (C=O) groups is 1. The fourth-order valence-electron chi connectivity index (χ4n) is 2.44. The summed E-state index contributed by atoms with van der Waals surface area (Å²) in [6.07, 6.45) is 3.58. The van der Waals surface area contributed by atoms with Crippen LogP contribution in [0.25, 0.3) is 0 Å². The second kappa shape index (κ2) is 3.66. The fourth-order valence-corrected chi connectivity index (χ4v) is 2.44. The highest BCUT2D eigenvalue weighted by molar-refractivity contribution is 5.83. The van der Waals surface area contributed by atoms with Crippen molar-refractivity contribution in [3.05, 3.63) is 0 Å². The van der Waals surface area contributed by atoms with Gasteiger partial charge in [-0.25, -0.2) is 0 Å². The molecule has 0 bridgehead atoms. The lowest BCUT2D eigenvalue weighted by molar-refractivity contribution is -0.124. The Kier molecular flexibility index (Phi) is 2.54. The summed E-state index contributed by atoms with van der Waals surface area (Å²) < 4.78 is 0. The van der Waals surface area contributed by atoms with Crippen LogP contribution < -0.4 is 5.32 Å². The molecule has 2 fully saturated rings. The van der Waals surface area contributed by atoms with Crippen LogP contribution in [0.15, 0.2) is 0 Å². The molecule has 3 nitrogen and oxygen atoms in total. The van der Waals surface area contributed by atoms with Gasteiger partial charge in [0.05, 0.1) is 6.04 Å². The van der Waals surface area contributed by atoms with Gasteiger partial charge in [0.15, 0.2) is 0 Å². The predicted molar refractivity (Wildman–Crippen MR) is 51.4 cm³/mol. The van der Waals surface area contributed by atoms with Gasteiger partial charge in [-0.1, -0.05) is 6.92 Å². The molecule has 0 aliphatic carbocycles. The maximum absolute atomic E-state index is 11.4. The van der Waals surface area contributed by atoms with Crippen molar-refractivity contribution in [1.29, 1.82) is 0 Å². The summed E-state index contributed by atoms with van der Waals surface area (Å²) in [6, 6.07) is 0.183. The third kappa shape index (κ3) is 1.85. The van der Waals surface area contributed by atoms with E-state index in [1.165, 1.54) is 12.8 Å². The van der Waals surface area contributed by atoms with Gasteiger partial charge in [-0.3, -0.25) is 9.69 Å². The van der Waals surface area contributed by atoms with Gasteiger partial charge in [-0.05, 0) is 31.7 Å².